The zero-order valence-electron chi connectivity index (χ0n) is 12.2. The van der Waals surface area contributed by atoms with Gasteiger partial charge >= 0.3 is 0 Å². The van der Waals surface area contributed by atoms with Crippen LogP contribution in [0.2, 0.25) is 0 Å². The van der Waals surface area contributed by atoms with Crippen molar-refractivity contribution in [2.45, 2.75) is 31.5 Å². The van der Waals surface area contributed by atoms with Gasteiger partial charge in [-0.2, -0.15) is 0 Å². The Morgan fingerprint density at radius 2 is 2.05 bits per heavy atom. The Hall–Kier alpha value is -1.40. The number of aryl methyl sites for hydroxylation is 2. The topological polar surface area (TPSA) is 55.6 Å². The highest BCUT2D eigenvalue weighted by Gasteiger charge is 2.13. The first-order valence-corrected chi connectivity index (χ1v) is 7.84. The maximum absolute atomic E-state index is 4.01. The van der Waals surface area contributed by atoms with E-state index >= 15 is 0 Å². The molecule has 1 heterocycles. The van der Waals surface area contributed by atoms with Gasteiger partial charge in [-0.1, -0.05) is 48.5 Å². The van der Waals surface area contributed by atoms with E-state index in [1.165, 1.54) is 11.1 Å². The fraction of sp³-hybridized carbons (Fsp3) is 0.500. The molecule has 0 amide bonds. The molecule has 5 nitrogen and oxygen atoms in total. The van der Waals surface area contributed by atoms with Crippen LogP contribution in [0.4, 0.5) is 0 Å². The van der Waals surface area contributed by atoms with E-state index in [0.717, 1.165) is 23.9 Å². The van der Waals surface area contributed by atoms with Crippen molar-refractivity contribution in [1.29, 1.82) is 0 Å². The first-order valence-electron chi connectivity index (χ1n) is 6.85. The third-order valence-corrected chi connectivity index (χ3v) is 4.18. The predicted octanol–water partition coefficient (Wildman–Crippen LogP) is 2.35. The van der Waals surface area contributed by atoms with Gasteiger partial charge in [-0.25, -0.2) is 4.68 Å². The Bertz CT molecular complexity index is 523. The lowest BCUT2D eigenvalue weighted by Gasteiger charge is -2.18. The second-order valence-corrected chi connectivity index (χ2v) is 5.80. The second kappa shape index (κ2) is 7.40. The maximum atomic E-state index is 4.01. The van der Waals surface area contributed by atoms with Gasteiger partial charge in [0.2, 0.25) is 5.16 Å². The summed E-state index contributed by atoms with van der Waals surface area (Å²) in [6, 6.07) is 9.02. The zero-order valence-corrected chi connectivity index (χ0v) is 13.0. The summed E-state index contributed by atoms with van der Waals surface area (Å²) in [7, 11) is 1.86. The lowest BCUT2D eigenvalue weighted by atomic mass is 10.1. The van der Waals surface area contributed by atoms with Crippen LogP contribution in [0, 0.1) is 6.92 Å². The van der Waals surface area contributed by atoms with Crippen LogP contribution in [0.1, 0.15) is 30.5 Å². The molecule has 0 bridgehead atoms. The minimum atomic E-state index is 0.317. The normalized spacial score (nSPS) is 12.6. The van der Waals surface area contributed by atoms with Crippen LogP contribution >= 0.6 is 11.8 Å². The number of benzene rings is 1. The smallest absolute Gasteiger partial charge is 0.209 e. The van der Waals surface area contributed by atoms with Gasteiger partial charge < -0.3 is 5.32 Å². The van der Waals surface area contributed by atoms with Gasteiger partial charge in [-0.15, -0.1) is 5.10 Å². The van der Waals surface area contributed by atoms with Crippen LogP contribution < -0.4 is 5.32 Å². The zero-order chi connectivity index (χ0) is 14.4. The monoisotopic (exact) mass is 291 g/mol. The summed E-state index contributed by atoms with van der Waals surface area (Å²) >= 11 is 1.68. The Morgan fingerprint density at radius 3 is 2.65 bits per heavy atom. The molecule has 0 radical (unpaired) electrons. The Morgan fingerprint density at radius 1 is 1.30 bits per heavy atom. The molecular weight excluding hydrogens is 270 g/mol. The van der Waals surface area contributed by atoms with Crippen molar-refractivity contribution in [3.05, 3.63) is 35.4 Å². The quantitative estimate of drug-likeness (QED) is 0.794. The number of nitrogens with one attached hydrogen (secondary N) is 1. The van der Waals surface area contributed by atoms with Crippen molar-refractivity contribution in [3.63, 3.8) is 0 Å². The molecular formula is C14H21N5S. The van der Waals surface area contributed by atoms with E-state index in [0.29, 0.717) is 6.04 Å². The third kappa shape index (κ3) is 4.05. The molecule has 1 N–H and O–H groups in total. The SMILES string of the molecule is CCCNC(CSc1nnnn1C)c1ccc(C)cc1. The summed E-state index contributed by atoms with van der Waals surface area (Å²) in [5.41, 5.74) is 2.60. The average molecular weight is 291 g/mol. The fourth-order valence-corrected chi connectivity index (χ4v) is 2.84. The predicted molar refractivity (Wildman–Crippen MR) is 81.7 cm³/mol. The third-order valence-electron chi connectivity index (χ3n) is 3.08. The summed E-state index contributed by atoms with van der Waals surface area (Å²) in [6.07, 6.45) is 1.12. The summed E-state index contributed by atoms with van der Waals surface area (Å²) in [4.78, 5) is 0. The van der Waals surface area contributed by atoms with Gasteiger partial charge in [0, 0.05) is 18.8 Å². The molecule has 108 valence electrons. The Kier molecular flexibility index (Phi) is 5.55. The molecule has 1 atom stereocenters. The molecule has 2 aromatic rings. The van der Waals surface area contributed by atoms with Crippen molar-refractivity contribution in [2.24, 2.45) is 7.05 Å². The molecule has 20 heavy (non-hydrogen) atoms. The van der Waals surface area contributed by atoms with Crippen LogP contribution in [0.25, 0.3) is 0 Å². The molecule has 0 spiro atoms. The highest BCUT2D eigenvalue weighted by atomic mass is 32.2. The van der Waals surface area contributed by atoms with E-state index in [1.54, 1.807) is 16.4 Å². The van der Waals surface area contributed by atoms with E-state index in [2.05, 4.69) is 59.0 Å². The number of hydrogen-bond acceptors (Lipinski definition) is 5. The molecule has 1 aromatic heterocycles. The first kappa shape index (κ1) is 15.0. The molecule has 0 aliphatic heterocycles. The van der Waals surface area contributed by atoms with E-state index in [9.17, 15) is 0 Å². The van der Waals surface area contributed by atoms with Crippen LogP contribution in [0.5, 0.6) is 0 Å². The van der Waals surface area contributed by atoms with E-state index in [1.807, 2.05) is 7.05 Å². The Labute approximate surface area is 124 Å². The minimum Gasteiger partial charge on any atom is -0.309 e. The van der Waals surface area contributed by atoms with Gasteiger partial charge in [0.05, 0.1) is 0 Å². The molecule has 1 unspecified atom stereocenters. The van der Waals surface area contributed by atoms with Crippen LogP contribution in [-0.4, -0.2) is 32.5 Å². The van der Waals surface area contributed by atoms with E-state index in [4.69, 9.17) is 0 Å². The number of rotatable bonds is 7. The average Bonchev–Trinajstić information content (AvgIpc) is 2.86. The van der Waals surface area contributed by atoms with Crippen LogP contribution in [0.3, 0.4) is 0 Å². The number of thioether (sulfide) groups is 1. The summed E-state index contributed by atoms with van der Waals surface area (Å²) in [5.74, 6) is 0.914. The Balaban J connectivity index is 2.03. The highest BCUT2D eigenvalue weighted by molar-refractivity contribution is 7.99. The van der Waals surface area contributed by atoms with Gasteiger partial charge in [0.1, 0.15) is 0 Å². The number of tetrazole rings is 1. The molecule has 1 aromatic carbocycles. The van der Waals surface area contributed by atoms with Gasteiger partial charge in [-0.05, 0) is 35.9 Å². The van der Waals surface area contributed by atoms with Gasteiger partial charge in [0.15, 0.2) is 0 Å². The summed E-state index contributed by atoms with van der Waals surface area (Å²) in [5, 5.41) is 16.0. The van der Waals surface area contributed by atoms with Crippen molar-refractivity contribution in [2.75, 3.05) is 12.3 Å². The van der Waals surface area contributed by atoms with E-state index < -0.39 is 0 Å². The molecule has 0 fully saturated rings. The number of nitrogens with zero attached hydrogens (tertiary/aromatic N) is 4. The molecule has 0 aliphatic rings. The fourth-order valence-electron chi connectivity index (χ4n) is 1.89. The van der Waals surface area contributed by atoms with Crippen molar-refractivity contribution >= 4 is 11.8 Å². The summed E-state index contributed by atoms with van der Waals surface area (Å²) in [6.45, 7) is 5.30. The first-order chi connectivity index (χ1) is 9.70. The molecule has 6 heteroatoms. The lowest BCUT2D eigenvalue weighted by molar-refractivity contribution is 0.576. The number of hydrogen-bond donors (Lipinski definition) is 1. The van der Waals surface area contributed by atoms with Crippen molar-refractivity contribution < 1.29 is 0 Å². The minimum absolute atomic E-state index is 0.317. The van der Waals surface area contributed by atoms with E-state index in [-0.39, 0.29) is 0 Å². The molecule has 0 saturated heterocycles. The van der Waals surface area contributed by atoms with Gasteiger partial charge in [0.25, 0.3) is 0 Å². The van der Waals surface area contributed by atoms with Crippen molar-refractivity contribution in [1.82, 2.24) is 25.5 Å². The van der Waals surface area contributed by atoms with Crippen molar-refractivity contribution in [3.8, 4) is 0 Å². The molecule has 0 saturated carbocycles. The maximum Gasteiger partial charge on any atom is 0.209 e. The highest BCUT2D eigenvalue weighted by Crippen LogP contribution is 2.23. The standard InChI is InChI=1S/C14H21N5S/c1-4-9-15-13(12-7-5-11(2)6-8-12)10-20-14-16-17-18-19(14)3/h5-8,13,15H,4,9-10H2,1-3H3. The second-order valence-electron chi connectivity index (χ2n) is 4.81. The largest absolute Gasteiger partial charge is 0.309 e. The van der Waals surface area contributed by atoms with Crippen LogP contribution in [-0.2, 0) is 7.05 Å². The van der Waals surface area contributed by atoms with Gasteiger partial charge in [-0.3, -0.25) is 0 Å². The summed E-state index contributed by atoms with van der Waals surface area (Å²) < 4.78 is 1.71. The molecule has 0 aliphatic carbocycles. The molecule has 2 rings (SSSR count). The lowest BCUT2D eigenvalue weighted by Crippen LogP contribution is -2.24. The van der Waals surface area contributed by atoms with Crippen LogP contribution in [0.15, 0.2) is 29.4 Å². The number of aromatic nitrogens is 4.